The number of alkyl halides is 3. The molecule has 1 aliphatic heterocycles. The van der Waals surface area contributed by atoms with Gasteiger partial charge in [0, 0.05) is 19.6 Å². The van der Waals surface area contributed by atoms with Crippen LogP contribution in [0.1, 0.15) is 51.7 Å². The zero-order chi connectivity index (χ0) is 65.7. The Morgan fingerprint density at radius 2 is 0.872 bits per heavy atom. The Hall–Kier alpha value is -5.72. The number of aromatic nitrogens is 2. The van der Waals surface area contributed by atoms with E-state index < -0.39 is 99.0 Å². The number of pyridine rings is 2. The summed E-state index contributed by atoms with van der Waals surface area (Å²) in [5.41, 5.74) is 9.87. The van der Waals surface area contributed by atoms with Crippen LogP contribution < -0.4 is 11.1 Å². The van der Waals surface area contributed by atoms with Crippen molar-refractivity contribution in [2.24, 2.45) is 5.73 Å². The maximum atomic E-state index is 14.4. The largest absolute Gasteiger partial charge is 3.00 e. The molecule has 0 aliphatic carbocycles. The van der Waals surface area contributed by atoms with Gasteiger partial charge in [0.2, 0.25) is 0 Å². The number of epoxide rings is 1. The van der Waals surface area contributed by atoms with Gasteiger partial charge in [0.05, 0.1) is 47.3 Å². The molecule has 1 aliphatic rings. The first-order valence-corrected chi connectivity index (χ1v) is 25.9. The number of nitrogens with two attached hydrogens (primary N) is 1. The number of nitrogens with one attached hydrogen (secondary N) is 1. The number of hydrogen-bond donors (Lipinski definition) is 3. The summed E-state index contributed by atoms with van der Waals surface area (Å²) in [6.45, 7) is -3.29. The number of rotatable bonds is 13. The van der Waals surface area contributed by atoms with Gasteiger partial charge in [-0.25, -0.2) is 17.6 Å². The van der Waals surface area contributed by atoms with Crippen LogP contribution in [-0.4, -0.2) is 97.6 Å². The van der Waals surface area contributed by atoms with Crippen LogP contribution in [-0.2, 0) is 60.2 Å². The van der Waals surface area contributed by atoms with Crippen LogP contribution in [0, 0.1) is 104 Å². The van der Waals surface area contributed by atoms with Gasteiger partial charge in [-0.05, 0) is 116 Å². The Balaban J connectivity index is -0.00000111. The van der Waals surface area contributed by atoms with E-state index in [1.165, 1.54) is 48.7 Å². The van der Waals surface area contributed by atoms with Gasteiger partial charge in [-0.15, -0.1) is 37.9 Å². The average molecular weight is 1470 g/mol. The van der Waals surface area contributed by atoms with Gasteiger partial charge in [-0.3, -0.25) is 9.97 Å². The predicted molar refractivity (Wildman–Crippen MR) is 271 cm³/mol. The number of aliphatic hydroxyl groups excluding tert-OH is 1. The number of nitrogens with zero attached hydrogens (tertiary/aromatic N) is 2. The van der Waals surface area contributed by atoms with Crippen LogP contribution in [0.3, 0.4) is 0 Å². The number of aryl methyl sites for hydroxylation is 2. The van der Waals surface area contributed by atoms with E-state index in [-0.39, 0.29) is 72.3 Å². The van der Waals surface area contributed by atoms with E-state index in [4.69, 9.17) is 48.4 Å². The molecule has 4 atom stereocenters. The van der Waals surface area contributed by atoms with Crippen LogP contribution >= 0.6 is 0 Å². The molecule has 2 aromatic heterocycles. The Kier molecular flexibility index (Phi) is 43.9. The van der Waals surface area contributed by atoms with Gasteiger partial charge in [0.25, 0.3) is 0 Å². The predicted octanol–water partition coefficient (Wildman–Crippen LogP) is 10.3. The number of halogens is 16. The number of benzene rings is 4. The minimum absolute atomic E-state index is 0. The van der Waals surface area contributed by atoms with Gasteiger partial charge >= 0.3 is 84.9 Å². The fraction of sp³-hybridized carbons (Fsp3) is 0.275. The van der Waals surface area contributed by atoms with E-state index in [0.717, 1.165) is 35.1 Å². The maximum absolute atomic E-state index is 14.4. The average Bonchev–Trinajstić information content (AvgIpc) is 2.11. The molecule has 483 valence electrons. The zero-order valence-corrected chi connectivity index (χ0v) is 48.3. The molecule has 3 heterocycles. The number of ether oxygens (including phenoxy) is 1. The normalized spacial score (nSPS) is 13.3. The van der Waals surface area contributed by atoms with E-state index in [9.17, 15) is 75.4 Å². The minimum atomic E-state index is -4.78. The van der Waals surface area contributed by atoms with E-state index >= 15 is 0 Å². The molecule has 86 heavy (non-hydrogen) atoms. The molecule has 1 radical (unpaired) electrons. The van der Waals surface area contributed by atoms with Gasteiger partial charge in [-0.2, -0.15) is 13.2 Å². The summed E-state index contributed by atoms with van der Waals surface area (Å²) < 4.78 is 261. The summed E-state index contributed by atoms with van der Waals surface area (Å²) in [6, 6.07) is 33.9. The fourth-order valence-corrected chi connectivity index (χ4v) is 7.10. The first kappa shape index (κ1) is 84.5. The molecular formula is C51H49F16N4O11S3Yb. The molecule has 1 unspecified atom stereocenters. The van der Waals surface area contributed by atoms with Crippen molar-refractivity contribution in [2.75, 3.05) is 26.2 Å². The van der Waals surface area contributed by atoms with Crippen molar-refractivity contribution in [3.8, 4) is 0 Å². The third-order valence-corrected chi connectivity index (χ3v) is 10.3. The third kappa shape index (κ3) is 40.6. The van der Waals surface area contributed by atoms with Crippen molar-refractivity contribution in [3.05, 3.63) is 222 Å². The minimum Gasteiger partial charge on any atom is -0.385 e. The third-order valence-electron chi connectivity index (χ3n) is 10.3. The standard InChI is InChI=1S/C24H23F5N2O.C21H20F2N2.C3H6O.3CF3.3O3S.Yb/c1-16-9-18(11-20(26)10-16)23(12-17-5-3-2-4-6-17,21-8-7-19(25)13-31-21)15-30-14-22(32)24(27,28)29;1-15-9-17(11-19(23)10-15)21(14-24,12-16-5-3-2-4-6-16)20-8-7-18(22)13-25-20;1-3-2-4-3;3*2-1(3)4;3*1-4(2)3;/h2-11,13,22,30,32H,12,14-15H2,1H3;2-11,13H,12,14,24H2,1H3;3H,2H2,1H3;;;;;;;/q;;;3*-1;;;;+3/t22-,23-;21-;;;;;;;;/m11......../s1. The summed E-state index contributed by atoms with van der Waals surface area (Å²) in [5.74, 6) is -1.80. The quantitative estimate of drug-likeness (QED) is 0.0553. The van der Waals surface area contributed by atoms with Gasteiger partial charge < -0.3 is 60.4 Å². The molecule has 4 aromatic carbocycles. The van der Waals surface area contributed by atoms with E-state index in [1.54, 1.807) is 19.1 Å². The number of hydrogen-bond acceptors (Lipinski definition) is 15. The van der Waals surface area contributed by atoms with E-state index in [2.05, 4.69) is 22.2 Å². The zero-order valence-electron chi connectivity index (χ0n) is 44.1. The van der Waals surface area contributed by atoms with E-state index in [1.807, 2.05) is 73.7 Å². The first-order valence-electron chi connectivity index (χ1n) is 22.9. The summed E-state index contributed by atoms with van der Waals surface area (Å²) in [5, 5.41) is 12.1. The van der Waals surface area contributed by atoms with Crippen molar-refractivity contribution in [1.82, 2.24) is 15.3 Å². The van der Waals surface area contributed by atoms with Crippen molar-refractivity contribution >= 4 is 31.8 Å². The smallest absolute Gasteiger partial charge is 0.385 e. The topological polar surface area (TPSA) is 250 Å². The summed E-state index contributed by atoms with van der Waals surface area (Å²) >= 11 is 0. The van der Waals surface area contributed by atoms with Crippen molar-refractivity contribution < 1.29 is 165 Å². The maximum Gasteiger partial charge on any atom is 3.00 e. The first-order chi connectivity index (χ1) is 39.4. The second-order valence-electron chi connectivity index (χ2n) is 16.5. The molecule has 0 bridgehead atoms. The van der Waals surface area contributed by atoms with Gasteiger partial charge in [0.15, 0.2) is 26.1 Å². The van der Waals surface area contributed by atoms with Crippen molar-refractivity contribution in [2.45, 2.75) is 62.8 Å². The summed E-state index contributed by atoms with van der Waals surface area (Å²) in [4.78, 5) is 8.48. The van der Waals surface area contributed by atoms with Crippen molar-refractivity contribution in [1.29, 1.82) is 0 Å². The Bertz CT molecular complexity index is 3050. The molecule has 15 nitrogen and oxygen atoms in total. The molecular weight excluding hydrogens is 1420 g/mol. The molecule has 0 spiro atoms. The van der Waals surface area contributed by atoms with E-state index in [0.29, 0.717) is 35.0 Å². The fourth-order valence-electron chi connectivity index (χ4n) is 7.10. The summed E-state index contributed by atoms with van der Waals surface area (Å²) in [6.07, 6.45) is -3.76. The molecule has 7 rings (SSSR count). The Morgan fingerprint density at radius 3 is 1.14 bits per heavy atom. The van der Waals surface area contributed by atoms with Crippen LogP contribution in [0.5, 0.6) is 0 Å². The van der Waals surface area contributed by atoms with Gasteiger partial charge in [0.1, 0.15) is 23.3 Å². The monoisotopic (exact) mass is 1470 g/mol. The molecule has 35 heteroatoms. The SMILES string of the molecule is CC1CO1.Cc1cc(F)cc([C@](CN)(Cc2ccccc2)c2ccc(F)cn2)c1.Cc1cc(F)cc([C@](CNC[C@@H](O)C(F)(F)F)(Cc2ccccc2)c2ccc(F)cn2)c1.F[C-](F)F.F[C-](F)F.F[C-](F)F.O=S(=O)=O.O=S(=O)=O.O=S(=O)=O.[Yb+3]. The molecule has 0 amide bonds. The van der Waals surface area contributed by atoms with Crippen LogP contribution in [0.15, 0.2) is 134 Å². The summed E-state index contributed by atoms with van der Waals surface area (Å²) in [7, 11) is -9.33. The van der Waals surface area contributed by atoms with Crippen LogP contribution in [0.4, 0.5) is 70.2 Å². The second kappa shape index (κ2) is 44.7. The van der Waals surface area contributed by atoms with Crippen LogP contribution in [0.2, 0.25) is 0 Å². The molecule has 1 saturated heterocycles. The molecule has 6 aromatic rings. The van der Waals surface area contributed by atoms with Gasteiger partial charge in [-0.1, -0.05) is 72.8 Å². The number of aliphatic hydroxyl groups is 1. The Labute approximate surface area is 524 Å². The van der Waals surface area contributed by atoms with Crippen LogP contribution in [0.25, 0.3) is 0 Å². The second-order valence-corrected chi connectivity index (χ2v) is 17.8. The molecule has 1 fully saturated rings. The van der Waals surface area contributed by atoms with Crippen molar-refractivity contribution in [3.63, 3.8) is 0 Å². The molecule has 0 saturated carbocycles. The Morgan fingerprint density at radius 1 is 0.570 bits per heavy atom. The molecule has 4 N–H and O–H groups in total.